The number of nitrogens with two attached hydrogens (primary N) is 1. The van der Waals surface area contributed by atoms with Gasteiger partial charge in [-0.25, -0.2) is 0 Å². The minimum absolute atomic E-state index is 0.0327. The van der Waals surface area contributed by atoms with E-state index in [1.165, 1.54) is 0 Å². The molecule has 45 heavy (non-hydrogen) atoms. The van der Waals surface area contributed by atoms with E-state index >= 15 is 0 Å². The summed E-state index contributed by atoms with van der Waals surface area (Å²) in [6.45, 7) is 10.7. The third-order valence-corrected chi connectivity index (χ3v) is 7.74. The molecule has 0 aliphatic carbocycles. The zero-order chi connectivity index (χ0) is 32.4. The lowest BCUT2D eigenvalue weighted by molar-refractivity contribution is 0.0774. The number of fused-ring (bicyclic) bond motifs is 2. The molecule has 0 aromatic heterocycles. The van der Waals surface area contributed by atoms with Crippen molar-refractivity contribution in [2.75, 3.05) is 39.7 Å². The second-order valence-corrected chi connectivity index (χ2v) is 12.0. The van der Waals surface area contributed by atoms with Gasteiger partial charge in [0.15, 0.2) is 17.2 Å². The van der Waals surface area contributed by atoms with Crippen LogP contribution in [0.1, 0.15) is 70.2 Å². The van der Waals surface area contributed by atoms with Crippen molar-refractivity contribution in [3.8, 4) is 34.5 Å². The van der Waals surface area contributed by atoms with Crippen molar-refractivity contribution in [2.24, 2.45) is 10.4 Å². The van der Waals surface area contributed by atoms with Crippen LogP contribution in [0.3, 0.4) is 0 Å². The van der Waals surface area contributed by atoms with Crippen molar-refractivity contribution in [3.63, 3.8) is 0 Å². The van der Waals surface area contributed by atoms with E-state index in [-0.39, 0.29) is 17.4 Å². The highest BCUT2D eigenvalue weighted by molar-refractivity contribution is 6.03. The first kappa shape index (κ1) is 33.5. The highest BCUT2D eigenvalue weighted by Gasteiger charge is 2.32. The number of hydrogen-bond acceptors (Lipinski definition) is 8. The van der Waals surface area contributed by atoms with Gasteiger partial charge in [0.05, 0.1) is 50.4 Å². The van der Waals surface area contributed by atoms with Crippen LogP contribution in [-0.4, -0.2) is 57.0 Å². The molecule has 1 atom stereocenters. The molecule has 242 valence electrons. The average Bonchev–Trinajstić information content (AvgIpc) is 3.47. The van der Waals surface area contributed by atoms with Crippen molar-refractivity contribution in [1.29, 1.82) is 0 Å². The van der Waals surface area contributed by atoms with Crippen LogP contribution in [0.2, 0.25) is 0 Å². The van der Waals surface area contributed by atoms with Gasteiger partial charge in [0.25, 0.3) is 5.91 Å². The molecule has 1 fully saturated rings. The number of aliphatic imine (C=N–C) groups is 1. The van der Waals surface area contributed by atoms with Gasteiger partial charge in [-0.05, 0) is 73.6 Å². The fourth-order valence-corrected chi connectivity index (χ4v) is 5.34. The molecule has 9 nitrogen and oxygen atoms in total. The summed E-state index contributed by atoms with van der Waals surface area (Å²) in [5.41, 5.74) is 8.06. The van der Waals surface area contributed by atoms with Gasteiger partial charge in [0.1, 0.15) is 17.2 Å². The van der Waals surface area contributed by atoms with Gasteiger partial charge >= 0.3 is 0 Å². The maximum Gasteiger partial charge on any atom is 0.256 e. The summed E-state index contributed by atoms with van der Waals surface area (Å²) < 4.78 is 27.9. The monoisotopic (exact) mass is 617 g/mol. The number of rotatable bonds is 12. The molecule has 3 aromatic rings. The van der Waals surface area contributed by atoms with E-state index < -0.39 is 0 Å². The van der Waals surface area contributed by atoms with Crippen LogP contribution in [0.4, 0.5) is 11.4 Å². The SMILES string of the molecule is CCCC(C)(C)COc1ccc(Oc2ccc(OC)cc2)c(N)c1.CCCOc1cc2c(cc1OC)C(=O)N1CCCC1C=N2. The summed E-state index contributed by atoms with van der Waals surface area (Å²) in [6, 6.07) is 16.6. The molecule has 5 rings (SSSR count). The van der Waals surface area contributed by atoms with E-state index in [2.05, 4.69) is 25.8 Å². The molecule has 0 bridgehead atoms. The Morgan fingerprint density at radius 3 is 2.29 bits per heavy atom. The number of anilines is 1. The number of amides is 1. The third kappa shape index (κ3) is 8.84. The minimum atomic E-state index is 0.0327. The van der Waals surface area contributed by atoms with E-state index in [0.717, 1.165) is 50.1 Å². The predicted molar refractivity (Wildman–Crippen MR) is 179 cm³/mol. The molecule has 2 aliphatic heterocycles. The molecule has 0 radical (unpaired) electrons. The van der Waals surface area contributed by atoms with E-state index in [9.17, 15) is 4.79 Å². The lowest BCUT2D eigenvalue weighted by Crippen LogP contribution is -2.35. The van der Waals surface area contributed by atoms with Crippen molar-refractivity contribution < 1.29 is 28.5 Å². The van der Waals surface area contributed by atoms with E-state index in [1.807, 2.05) is 54.4 Å². The zero-order valence-electron chi connectivity index (χ0n) is 27.4. The number of carbonyl (C=O) groups excluding carboxylic acids is 1. The van der Waals surface area contributed by atoms with Crippen LogP contribution in [0.15, 0.2) is 59.6 Å². The smallest absolute Gasteiger partial charge is 0.256 e. The number of hydrogen-bond donors (Lipinski definition) is 1. The van der Waals surface area contributed by atoms with E-state index in [4.69, 9.17) is 29.4 Å². The molecule has 1 saturated heterocycles. The largest absolute Gasteiger partial charge is 0.497 e. The number of benzene rings is 3. The lowest BCUT2D eigenvalue weighted by Gasteiger charge is -2.24. The average molecular weight is 618 g/mol. The lowest BCUT2D eigenvalue weighted by atomic mass is 9.89. The molecule has 3 aromatic carbocycles. The van der Waals surface area contributed by atoms with Crippen molar-refractivity contribution >= 4 is 23.5 Å². The van der Waals surface area contributed by atoms with Gasteiger partial charge in [-0.3, -0.25) is 9.79 Å². The molecular formula is C36H47N3O6. The van der Waals surface area contributed by atoms with Gasteiger partial charge in [0.2, 0.25) is 0 Å². The van der Waals surface area contributed by atoms with Crippen LogP contribution in [0.25, 0.3) is 0 Å². The molecule has 2 N–H and O–H groups in total. The maximum absolute atomic E-state index is 12.7. The zero-order valence-corrected chi connectivity index (χ0v) is 27.4. The van der Waals surface area contributed by atoms with Crippen LogP contribution in [0.5, 0.6) is 34.5 Å². The molecule has 1 amide bonds. The first-order chi connectivity index (χ1) is 21.7. The second-order valence-electron chi connectivity index (χ2n) is 12.0. The maximum atomic E-state index is 12.7. The third-order valence-electron chi connectivity index (χ3n) is 7.74. The van der Waals surface area contributed by atoms with Gasteiger partial charge < -0.3 is 34.3 Å². The van der Waals surface area contributed by atoms with Gasteiger partial charge in [-0.15, -0.1) is 0 Å². The predicted octanol–water partition coefficient (Wildman–Crippen LogP) is 8.08. The second kappa shape index (κ2) is 15.5. The Morgan fingerprint density at radius 2 is 1.62 bits per heavy atom. The summed E-state index contributed by atoms with van der Waals surface area (Å²) in [6.07, 6.45) is 7.09. The fraction of sp³-hybridized carbons (Fsp3) is 0.444. The Kier molecular flexibility index (Phi) is 11.6. The minimum Gasteiger partial charge on any atom is -0.497 e. The Morgan fingerprint density at radius 1 is 0.889 bits per heavy atom. The van der Waals surface area contributed by atoms with Crippen LogP contribution in [-0.2, 0) is 0 Å². The van der Waals surface area contributed by atoms with Crippen LogP contribution < -0.4 is 29.4 Å². The Balaban J connectivity index is 0.000000206. The summed E-state index contributed by atoms with van der Waals surface area (Å²) in [4.78, 5) is 19.1. The Labute approximate surface area is 267 Å². The van der Waals surface area contributed by atoms with Crippen molar-refractivity contribution in [3.05, 3.63) is 60.2 Å². The Hall–Kier alpha value is -4.40. The molecule has 1 unspecified atom stereocenters. The van der Waals surface area contributed by atoms with Crippen molar-refractivity contribution in [2.45, 2.75) is 65.8 Å². The normalized spacial score (nSPS) is 15.3. The summed E-state index contributed by atoms with van der Waals surface area (Å²) in [5, 5.41) is 0. The van der Waals surface area contributed by atoms with Crippen LogP contribution >= 0.6 is 0 Å². The number of nitrogens with zero attached hydrogens (tertiary/aromatic N) is 2. The number of nitrogen functional groups attached to an aromatic ring is 1. The van der Waals surface area contributed by atoms with E-state index in [1.54, 1.807) is 32.4 Å². The number of ether oxygens (including phenoxy) is 5. The molecule has 0 spiro atoms. The highest BCUT2D eigenvalue weighted by Crippen LogP contribution is 2.38. The highest BCUT2D eigenvalue weighted by atomic mass is 16.5. The molecule has 9 heteroatoms. The summed E-state index contributed by atoms with van der Waals surface area (Å²) >= 11 is 0. The first-order valence-corrected chi connectivity index (χ1v) is 15.7. The first-order valence-electron chi connectivity index (χ1n) is 15.7. The molecule has 2 aliphatic rings. The molecular weight excluding hydrogens is 570 g/mol. The van der Waals surface area contributed by atoms with Gasteiger partial charge in [0, 0.05) is 24.9 Å². The Bertz CT molecular complexity index is 1450. The quantitative estimate of drug-likeness (QED) is 0.205. The molecule has 2 heterocycles. The standard InChI is InChI=1S/C20H27NO3.C16H20N2O3/c1-5-12-20(2,3)14-23-17-10-11-19(18(21)13-17)24-16-8-6-15(22-4)7-9-16;1-3-7-21-15-9-13-12(8-14(15)20-2)16(19)18-6-4-5-11(18)10-17-13/h6-11,13H,5,12,14,21H2,1-4H3;8-11H,3-7H2,1-2H3. The molecule has 0 saturated carbocycles. The van der Waals surface area contributed by atoms with Gasteiger partial charge in [-0.1, -0.05) is 34.1 Å². The van der Waals surface area contributed by atoms with Crippen molar-refractivity contribution in [1.82, 2.24) is 4.90 Å². The summed E-state index contributed by atoms with van der Waals surface area (Å²) in [7, 11) is 3.22. The van der Waals surface area contributed by atoms with Crippen LogP contribution in [0, 0.1) is 5.41 Å². The fourth-order valence-electron chi connectivity index (χ4n) is 5.34. The van der Waals surface area contributed by atoms with E-state index in [0.29, 0.717) is 53.2 Å². The topological polar surface area (TPSA) is 105 Å². The number of methoxy groups -OCH3 is 2. The summed E-state index contributed by atoms with van der Waals surface area (Å²) in [5.74, 6) is 4.13. The number of carbonyl (C=O) groups is 1. The van der Waals surface area contributed by atoms with Gasteiger partial charge in [-0.2, -0.15) is 0 Å².